The minimum Gasteiger partial charge on any atom is -0.390 e. The molecule has 1 rings (SSSR count). The number of aliphatic hydroxyl groups is 1. The molecule has 0 amide bonds. The highest BCUT2D eigenvalue weighted by Crippen LogP contribution is 2.29. The third-order valence-corrected chi connectivity index (χ3v) is 2.04. The van der Waals surface area contributed by atoms with Gasteiger partial charge in [0, 0.05) is 5.92 Å². The van der Waals surface area contributed by atoms with E-state index in [0.29, 0.717) is 17.9 Å². The molecule has 1 aliphatic rings. The summed E-state index contributed by atoms with van der Waals surface area (Å²) in [7, 11) is 0. The lowest BCUT2D eigenvalue weighted by molar-refractivity contribution is 0.108. The molecule has 2 atom stereocenters. The third kappa shape index (κ3) is 2.80. The fourth-order valence-corrected chi connectivity index (χ4v) is 1.57. The monoisotopic (exact) mass is 158 g/mol. The molecule has 0 unspecified atom stereocenters. The number of rotatable bonds is 1. The largest absolute Gasteiger partial charge is 0.390 e. The molecule has 2 heteroatoms. The summed E-state index contributed by atoms with van der Waals surface area (Å²) in [4.78, 5) is 0. The second-order valence-electron chi connectivity index (χ2n) is 4.63. The summed E-state index contributed by atoms with van der Waals surface area (Å²) >= 11 is 0. The standard InChI is InChI=1S/C9H18O2/c1-9(2,3)4-7-5-11-6-8(7)10/h7-8,10H,4-6H2,1-3H3/t7-,8-/m1/s1. The summed E-state index contributed by atoms with van der Waals surface area (Å²) in [6.07, 6.45) is 0.822. The minimum absolute atomic E-state index is 0.228. The van der Waals surface area contributed by atoms with Gasteiger partial charge in [0.2, 0.25) is 0 Å². The van der Waals surface area contributed by atoms with Crippen LogP contribution in [-0.4, -0.2) is 24.4 Å². The number of hydrogen-bond acceptors (Lipinski definition) is 2. The molecule has 0 radical (unpaired) electrons. The highest BCUT2D eigenvalue weighted by molar-refractivity contribution is 4.78. The number of ether oxygens (including phenoxy) is 1. The van der Waals surface area contributed by atoms with Crippen LogP contribution in [0.3, 0.4) is 0 Å². The average Bonchev–Trinajstić information content (AvgIpc) is 2.12. The SMILES string of the molecule is CC(C)(C)C[C@@H]1COC[C@H]1O. The molecular formula is C9H18O2. The number of hydrogen-bond donors (Lipinski definition) is 1. The van der Waals surface area contributed by atoms with E-state index < -0.39 is 0 Å². The molecule has 1 fully saturated rings. The molecule has 0 saturated carbocycles. The summed E-state index contributed by atoms with van der Waals surface area (Å²) < 4.78 is 5.17. The van der Waals surface area contributed by atoms with Gasteiger partial charge in [-0.1, -0.05) is 20.8 Å². The zero-order valence-corrected chi connectivity index (χ0v) is 7.63. The molecule has 0 aromatic rings. The lowest BCUT2D eigenvalue weighted by Crippen LogP contribution is -2.23. The van der Waals surface area contributed by atoms with Crippen molar-refractivity contribution in [2.24, 2.45) is 11.3 Å². The van der Waals surface area contributed by atoms with Crippen LogP contribution < -0.4 is 0 Å². The van der Waals surface area contributed by atoms with Gasteiger partial charge in [-0.25, -0.2) is 0 Å². The van der Waals surface area contributed by atoms with Gasteiger partial charge in [0.1, 0.15) is 0 Å². The van der Waals surface area contributed by atoms with Gasteiger partial charge in [-0.2, -0.15) is 0 Å². The van der Waals surface area contributed by atoms with Crippen LogP contribution in [0, 0.1) is 11.3 Å². The first-order chi connectivity index (χ1) is 4.99. The fourth-order valence-electron chi connectivity index (χ4n) is 1.57. The smallest absolute Gasteiger partial charge is 0.0823 e. The highest BCUT2D eigenvalue weighted by atomic mass is 16.5. The van der Waals surface area contributed by atoms with E-state index in [1.165, 1.54) is 0 Å². The molecule has 0 aliphatic carbocycles. The summed E-state index contributed by atoms with van der Waals surface area (Å²) in [6.45, 7) is 7.84. The van der Waals surface area contributed by atoms with Crippen molar-refractivity contribution in [3.8, 4) is 0 Å². The van der Waals surface area contributed by atoms with Crippen LogP contribution in [0.1, 0.15) is 27.2 Å². The van der Waals surface area contributed by atoms with Crippen LogP contribution in [0.5, 0.6) is 0 Å². The maximum atomic E-state index is 9.43. The molecule has 0 spiro atoms. The second-order valence-corrected chi connectivity index (χ2v) is 4.63. The van der Waals surface area contributed by atoms with Gasteiger partial charge in [0.05, 0.1) is 19.3 Å². The van der Waals surface area contributed by atoms with E-state index >= 15 is 0 Å². The molecule has 1 saturated heterocycles. The van der Waals surface area contributed by atoms with E-state index in [9.17, 15) is 5.11 Å². The Bertz CT molecular complexity index is 126. The minimum atomic E-state index is -0.228. The van der Waals surface area contributed by atoms with Crippen molar-refractivity contribution in [2.75, 3.05) is 13.2 Å². The van der Waals surface area contributed by atoms with E-state index in [1.54, 1.807) is 0 Å². The van der Waals surface area contributed by atoms with Crippen LogP contribution >= 0.6 is 0 Å². The van der Waals surface area contributed by atoms with Gasteiger partial charge in [0.15, 0.2) is 0 Å². The maximum Gasteiger partial charge on any atom is 0.0823 e. The number of aliphatic hydroxyl groups excluding tert-OH is 1. The van der Waals surface area contributed by atoms with Gasteiger partial charge in [-0.15, -0.1) is 0 Å². The summed E-state index contributed by atoms with van der Waals surface area (Å²) in [6, 6.07) is 0. The first kappa shape index (κ1) is 9.01. The van der Waals surface area contributed by atoms with Gasteiger partial charge in [-0.05, 0) is 11.8 Å². The first-order valence-electron chi connectivity index (χ1n) is 4.25. The van der Waals surface area contributed by atoms with Crippen molar-refractivity contribution in [3.05, 3.63) is 0 Å². The normalized spacial score (nSPS) is 32.7. The Morgan fingerprint density at radius 1 is 1.36 bits per heavy atom. The van der Waals surface area contributed by atoms with Crippen molar-refractivity contribution in [1.82, 2.24) is 0 Å². The van der Waals surface area contributed by atoms with Gasteiger partial charge in [0.25, 0.3) is 0 Å². The Morgan fingerprint density at radius 3 is 2.36 bits per heavy atom. The van der Waals surface area contributed by atoms with Crippen LogP contribution in [-0.2, 0) is 4.74 Å². The molecule has 66 valence electrons. The molecule has 11 heavy (non-hydrogen) atoms. The Morgan fingerprint density at radius 2 is 2.00 bits per heavy atom. The van der Waals surface area contributed by atoms with Crippen molar-refractivity contribution < 1.29 is 9.84 Å². The molecule has 0 aromatic heterocycles. The Kier molecular flexibility index (Phi) is 2.55. The van der Waals surface area contributed by atoms with E-state index in [4.69, 9.17) is 4.74 Å². The lowest BCUT2D eigenvalue weighted by Gasteiger charge is -2.23. The van der Waals surface area contributed by atoms with E-state index in [1.807, 2.05) is 0 Å². The van der Waals surface area contributed by atoms with Crippen molar-refractivity contribution in [1.29, 1.82) is 0 Å². The molecule has 0 aromatic carbocycles. The third-order valence-electron chi connectivity index (χ3n) is 2.04. The van der Waals surface area contributed by atoms with Crippen molar-refractivity contribution >= 4 is 0 Å². The van der Waals surface area contributed by atoms with Gasteiger partial charge >= 0.3 is 0 Å². The van der Waals surface area contributed by atoms with Crippen LogP contribution in [0.2, 0.25) is 0 Å². The van der Waals surface area contributed by atoms with Crippen molar-refractivity contribution in [3.63, 3.8) is 0 Å². The summed E-state index contributed by atoms with van der Waals surface area (Å²) in [5.41, 5.74) is 0.305. The molecule has 1 heterocycles. The fraction of sp³-hybridized carbons (Fsp3) is 1.00. The van der Waals surface area contributed by atoms with Crippen molar-refractivity contribution in [2.45, 2.75) is 33.3 Å². The zero-order chi connectivity index (χ0) is 8.48. The van der Waals surface area contributed by atoms with Crippen LogP contribution in [0.25, 0.3) is 0 Å². The molecule has 1 aliphatic heterocycles. The van der Waals surface area contributed by atoms with Crippen LogP contribution in [0.15, 0.2) is 0 Å². The van der Waals surface area contributed by atoms with Gasteiger partial charge < -0.3 is 9.84 Å². The van der Waals surface area contributed by atoms with Crippen LogP contribution in [0.4, 0.5) is 0 Å². The summed E-state index contributed by atoms with van der Waals surface area (Å²) in [5.74, 6) is 0.356. The molecule has 0 bridgehead atoms. The molecule has 1 N–H and O–H groups in total. The first-order valence-corrected chi connectivity index (χ1v) is 4.25. The zero-order valence-electron chi connectivity index (χ0n) is 7.63. The quantitative estimate of drug-likeness (QED) is 0.625. The predicted octanol–water partition coefficient (Wildman–Crippen LogP) is 1.43. The average molecular weight is 158 g/mol. The summed E-state index contributed by atoms with van der Waals surface area (Å²) in [5, 5.41) is 9.43. The second kappa shape index (κ2) is 3.11. The Labute approximate surface area is 68.6 Å². The maximum absolute atomic E-state index is 9.43. The van der Waals surface area contributed by atoms with Gasteiger partial charge in [-0.3, -0.25) is 0 Å². The Hall–Kier alpha value is -0.0800. The molecule has 2 nitrogen and oxygen atoms in total. The predicted molar refractivity (Wildman–Crippen MR) is 44.4 cm³/mol. The Balaban J connectivity index is 2.37. The molecular weight excluding hydrogens is 140 g/mol. The topological polar surface area (TPSA) is 29.5 Å². The lowest BCUT2D eigenvalue weighted by atomic mass is 9.83. The highest BCUT2D eigenvalue weighted by Gasteiger charge is 2.29. The van der Waals surface area contributed by atoms with E-state index in [-0.39, 0.29) is 6.10 Å². The van der Waals surface area contributed by atoms with E-state index in [2.05, 4.69) is 20.8 Å². The van der Waals surface area contributed by atoms with E-state index in [0.717, 1.165) is 13.0 Å².